The number of ketones is 1. The van der Waals surface area contributed by atoms with Crippen LogP contribution in [0.1, 0.15) is 21.5 Å². The summed E-state index contributed by atoms with van der Waals surface area (Å²) in [6.07, 6.45) is 0. The van der Waals surface area contributed by atoms with Crippen molar-refractivity contribution in [2.45, 2.75) is 13.8 Å². The highest BCUT2D eigenvalue weighted by atomic mass is 19.1. The van der Waals surface area contributed by atoms with Crippen molar-refractivity contribution in [2.75, 3.05) is 6.61 Å². The highest BCUT2D eigenvalue weighted by Gasteiger charge is 2.10. The van der Waals surface area contributed by atoms with Crippen LogP contribution in [-0.2, 0) is 0 Å². The Labute approximate surface area is 137 Å². The van der Waals surface area contributed by atoms with Crippen molar-refractivity contribution in [1.82, 2.24) is 0 Å². The topological polar surface area (TPSA) is 56.5 Å². The second-order valence-corrected chi connectivity index (χ2v) is 5.52. The summed E-state index contributed by atoms with van der Waals surface area (Å²) in [5.74, 6) is -0.247. The molecule has 3 aromatic rings. The number of aryl methyl sites for hydroxylation is 1. The van der Waals surface area contributed by atoms with Crippen LogP contribution < -0.4 is 10.4 Å². The van der Waals surface area contributed by atoms with E-state index in [4.69, 9.17) is 9.15 Å². The first-order valence-corrected chi connectivity index (χ1v) is 7.41. The molecule has 0 aliphatic carbocycles. The maximum Gasteiger partial charge on any atom is 0.339 e. The van der Waals surface area contributed by atoms with Crippen LogP contribution in [-0.4, -0.2) is 12.4 Å². The highest BCUT2D eigenvalue weighted by Crippen LogP contribution is 2.24. The largest absolute Gasteiger partial charge is 0.485 e. The first-order valence-electron chi connectivity index (χ1n) is 7.41. The molecule has 0 spiro atoms. The predicted molar refractivity (Wildman–Crippen MR) is 88.2 cm³/mol. The minimum Gasteiger partial charge on any atom is -0.485 e. The lowest BCUT2D eigenvalue weighted by Crippen LogP contribution is -2.11. The molecule has 4 nitrogen and oxygen atoms in total. The zero-order valence-electron chi connectivity index (χ0n) is 13.3. The normalized spacial score (nSPS) is 10.8. The summed E-state index contributed by atoms with van der Waals surface area (Å²) in [4.78, 5) is 23.8. The van der Waals surface area contributed by atoms with Crippen molar-refractivity contribution in [3.63, 3.8) is 0 Å². The van der Waals surface area contributed by atoms with Crippen molar-refractivity contribution < 1.29 is 18.3 Å². The molecule has 122 valence electrons. The molecule has 1 aromatic heterocycles. The number of halogens is 1. The van der Waals surface area contributed by atoms with Gasteiger partial charge in [0.05, 0.1) is 0 Å². The van der Waals surface area contributed by atoms with Crippen LogP contribution in [0, 0.1) is 19.7 Å². The van der Waals surface area contributed by atoms with Crippen molar-refractivity contribution in [3.8, 4) is 5.75 Å². The fourth-order valence-corrected chi connectivity index (χ4v) is 2.39. The Bertz CT molecular complexity index is 971. The summed E-state index contributed by atoms with van der Waals surface area (Å²) in [6, 6.07) is 10.4. The van der Waals surface area contributed by atoms with Crippen LogP contribution in [0.3, 0.4) is 0 Å². The fourth-order valence-electron chi connectivity index (χ4n) is 2.39. The van der Waals surface area contributed by atoms with Crippen LogP contribution in [0.2, 0.25) is 0 Å². The molecule has 0 N–H and O–H groups in total. The third kappa shape index (κ3) is 3.06. The first kappa shape index (κ1) is 15.9. The minimum atomic E-state index is -0.400. The first-order chi connectivity index (χ1) is 11.5. The van der Waals surface area contributed by atoms with Crippen LogP contribution in [0.15, 0.2) is 51.7 Å². The van der Waals surface area contributed by atoms with E-state index in [-0.39, 0.29) is 18.0 Å². The van der Waals surface area contributed by atoms with E-state index in [2.05, 4.69) is 0 Å². The standard InChI is InChI=1S/C19H15FO4/c1-11-12(2)19(22)24-18-9-15(7-8-16(11)18)23-10-17(21)13-3-5-14(20)6-4-13/h3-9H,10H2,1-2H3. The number of hydrogen-bond acceptors (Lipinski definition) is 4. The maximum absolute atomic E-state index is 12.9. The van der Waals surface area contributed by atoms with Gasteiger partial charge in [-0.1, -0.05) is 0 Å². The molecular weight excluding hydrogens is 311 g/mol. The van der Waals surface area contributed by atoms with Gasteiger partial charge < -0.3 is 9.15 Å². The van der Waals surface area contributed by atoms with Gasteiger partial charge in [-0.15, -0.1) is 0 Å². The zero-order valence-corrected chi connectivity index (χ0v) is 13.3. The number of carbonyl (C=O) groups is 1. The molecule has 0 fully saturated rings. The molecule has 0 saturated carbocycles. The van der Waals surface area contributed by atoms with Crippen LogP contribution in [0.4, 0.5) is 4.39 Å². The monoisotopic (exact) mass is 326 g/mol. The summed E-state index contributed by atoms with van der Waals surface area (Å²) in [6.45, 7) is 3.38. The molecule has 0 saturated heterocycles. The minimum absolute atomic E-state index is 0.188. The Morgan fingerprint density at radius 3 is 2.50 bits per heavy atom. The molecule has 5 heteroatoms. The number of benzene rings is 2. The lowest BCUT2D eigenvalue weighted by molar-refractivity contribution is 0.0921. The lowest BCUT2D eigenvalue weighted by Gasteiger charge is -2.08. The highest BCUT2D eigenvalue weighted by molar-refractivity contribution is 5.97. The Balaban J connectivity index is 1.80. The molecule has 3 rings (SSSR count). The van der Waals surface area contributed by atoms with Gasteiger partial charge in [0.2, 0.25) is 0 Å². The van der Waals surface area contributed by atoms with Gasteiger partial charge in [0, 0.05) is 22.6 Å². The summed E-state index contributed by atoms with van der Waals surface area (Å²) >= 11 is 0. The van der Waals surface area contributed by atoms with Gasteiger partial charge in [-0.05, 0) is 55.8 Å². The molecule has 0 atom stereocenters. The molecule has 0 aliphatic heterocycles. The molecule has 0 radical (unpaired) electrons. The van der Waals surface area contributed by atoms with E-state index in [9.17, 15) is 14.0 Å². The summed E-state index contributed by atoms with van der Waals surface area (Å²) in [5, 5.41) is 0.823. The van der Waals surface area contributed by atoms with Gasteiger partial charge in [0.1, 0.15) is 17.1 Å². The summed E-state index contributed by atoms with van der Waals surface area (Å²) in [7, 11) is 0. The van der Waals surface area contributed by atoms with E-state index in [0.717, 1.165) is 10.9 Å². The lowest BCUT2D eigenvalue weighted by atomic mass is 10.1. The molecule has 0 unspecified atom stereocenters. The second kappa shape index (κ2) is 6.28. The molecule has 2 aromatic carbocycles. The van der Waals surface area contributed by atoms with Gasteiger partial charge >= 0.3 is 5.63 Å². The Kier molecular flexibility index (Phi) is 4.16. The number of ether oxygens (including phenoxy) is 1. The fraction of sp³-hybridized carbons (Fsp3) is 0.158. The predicted octanol–water partition coefficient (Wildman–Crippen LogP) is 3.81. The van der Waals surface area contributed by atoms with E-state index < -0.39 is 5.82 Å². The molecule has 0 aliphatic rings. The van der Waals surface area contributed by atoms with Gasteiger partial charge in [0.25, 0.3) is 0 Å². The van der Waals surface area contributed by atoms with E-state index in [1.807, 2.05) is 6.92 Å². The molecule has 0 bridgehead atoms. The van der Waals surface area contributed by atoms with E-state index in [0.29, 0.717) is 22.5 Å². The number of hydrogen-bond donors (Lipinski definition) is 0. The summed E-state index contributed by atoms with van der Waals surface area (Å²) < 4.78 is 23.6. The summed E-state index contributed by atoms with van der Waals surface area (Å²) in [5.41, 5.74) is 1.82. The van der Waals surface area contributed by atoms with Crippen LogP contribution in [0.5, 0.6) is 5.75 Å². The van der Waals surface area contributed by atoms with Gasteiger partial charge in [-0.25, -0.2) is 9.18 Å². The third-order valence-electron chi connectivity index (χ3n) is 3.96. The van der Waals surface area contributed by atoms with Gasteiger partial charge in [-0.2, -0.15) is 0 Å². The number of fused-ring (bicyclic) bond motifs is 1. The quantitative estimate of drug-likeness (QED) is 0.540. The molecule has 0 amide bonds. The van der Waals surface area contributed by atoms with E-state index in [1.54, 1.807) is 25.1 Å². The Morgan fingerprint density at radius 2 is 1.79 bits per heavy atom. The van der Waals surface area contributed by atoms with Gasteiger partial charge in [-0.3, -0.25) is 4.79 Å². The van der Waals surface area contributed by atoms with Crippen molar-refractivity contribution in [1.29, 1.82) is 0 Å². The molecular formula is C19H15FO4. The van der Waals surface area contributed by atoms with Crippen molar-refractivity contribution in [3.05, 3.63) is 75.4 Å². The third-order valence-corrected chi connectivity index (χ3v) is 3.96. The zero-order chi connectivity index (χ0) is 17.3. The van der Waals surface area contributed by atoms with Crippen LogP contribution in [0.25, 0.3) is 11.0 Å². The van der Waals surface area contributed by atoms with Gasteiger partial charge in [0.15, 0.2) is 12.4 Å². The average Bonchev–Trinajstić information content (AvgIpc) is 2.58. The van der Waals surface area contributed by atoms with Crippen molar-refractivity contribution >= 4 is 16.8 Å². The molecule has 1 heterocycles. The number of carbonyl (C=O) groups excluding carboxylic acids is 1. The Hall–Kier alpha value is -2.95. The van der Waals surface area contributed by atoms with E-state index >= 15 is 0 Å². The smallest absolute Gasteiger partial charge is 0.339 e. The van der Waals surface area contributed by atoms with E-state index in [1.165, 1.54) is 24.3 Å². The number of Topliss-reactive ketones (excluding diaryl/α,β-unsaturated/α-hetero) is 1. The molecule has 24 heavy (non-hydrogen) atoms. The number of rotatable bonds is 4. The van der Waals surface area contributed by atoms with Crippen molar-refractivity contribution in [2.24, 2.45) is 0 Å². The SMILES string of the molecule is Cc1c(C)c2ccc(OCC(=O)c3ccc(F)cc3)cc2oc1=O. The maximum atomic E-state index is 12.9. The Morgan fingerprint density at radius 1 is 1.08 bits per heavy atom. The average molecular weight is 326 g/mol. The van der Waals surface area contributed by atoms with Crippen LogP contribution >= 0.6 is 0 Å². The second-order valence-electron chi connectivity index (χ2n) is 5.52.